The van der Waals surface area contributed by atoms with E-state index in [4.69, 9.17) is 11.6 Å². The van der Waals surface area contributed by atoms with Crippen molar-refractivity contribution in [1.82, 2.24) is 15.1 Å². The van der Waals surface area contributed by atoms with Gasteiger partial charge in [-0.15, -0.1) is 0 Å². The van der Waals surface area contributed by atoms with Crippen molar-refractivity contribution < 1.29 is 14.4 Å². The standard InChI is InChI=1S/C29H33ClN4O3S/c1-6-10-31-24(7-2)29(37)32-11-9-20-14-25(35)28(23(20)15-26(36)38-8-3)27-18(4)12-22(13-19(27)5)34-17-21(30)16-33-34/h6-7,10,12-13,16-17,20H,1,8-9,11,14-15H2,2-5H3,(H,32,37)/b24-7-,31-10?. The first kappa shape index (κ1) is 29.3. The number of hydrogen-bond acceptors (Lipinski definition) is 6. The number of thioether (sulfide) groups is 1. The minimum Gasteiger partial charge on any atom is -0.351 e. The van der Waals surface area contributed by atoms with Gasteiger partial charge in [-0.05, 0) is 73.3 Å². The second-order valence-electron chi connectivity index (χ2n) is 9.00. The average Bonchev–Trinajstić information content (AvgIpc) is 3.43. The predicted octanol–water partition coefficient (Wildman–Crippen LogP) is 5.82. The van der Waals surface area contributed by atoms with E-state index < -0.39 is 0 Å². The first-order valence-corrected chi connectivity index (χ1v) is 13.9. The normalized spacial score (nSPS) is 16.0. The summed E-state index contributed by atoms with van der Waals surface area (Å²) in [6, 6.07) is 3.95. The molecule has 1 aliphatic rings. The second-order valence-corrected chi connectivity index (χ2v) is 10.8. The van der Waals surface area contributed by atoms with Crippen LogP contribution in [0.2, 0.25) is 5.02 Å². The fourth-order valence-corrected chi connectivity index (χ4v) is 5.48. The Morgan fingerprint density at radius 2 is 2.03 bits per heavy atom. The van der Waals surface area contributed by atoms with Gasteiger partial charge in [0.15, 0.2) is 10.9 Å². The van der Waals surface area contributed by atoms with Crippen molar-refractivity contribution in [2.45, 2.75) is 47.0 Å². The highest BCUT2D eigenvalue weighted by Gasteiger charge is 2.35. The van der Waals surface area contributed by atoms with Crippen LogP contribution in [0.15, 0.2) is 59.5 Å². The highest BCUT2D eigenvalue weighted by atomic mass is 35.5. The number of nitrogens with one attached hydrogen (secondary N) is 1. The van der Waals surface area contributed by atoms with Crippen molar-refractivity contribution in [3.8, 4) is 5.69 Å². The number of halogens is 1. The molecule has 7 nitrogen and oxygen atoms in total. The maximum atomic E-state index is 13.4. The molecule has 38 heavy (non-hydrogen) atoms. The van der Waals surface area contributed by atoms with Gasteiger partial charge in [-0.1, -0.05) is 49.0 Å². The van der Waals surface area contributed by atoms with Gasteiger partial charge in [0, 0.05) is 37.4 Å². The molecule has 9 heteroatoms. The summed E-state index contributed by atoms with van der Waals surface area (Å²) in [5.41, 5.74) is 5.35. The van der Waals surface area contributed by atoms with Gasteiger partial charge in [0.05, 0.1) is 16.9 Å². The lowest BCUT2D eigenvalue weighted by atomic mass is 9.89. The Labute approximate surface area is 233 Å². The van der Waals surface area contributed by atoms with Crippen LogP contribution in [0.1, 0.15) is 49.8 Å². The third-order valence-corrected chi connectivity index (χ3v) is 7.30. The van der Waals surface area contributed by atoms with Gasteiger partial charge in [-0.3, -0.25) is 19.4 Å². The quantitative estimate of drug-likeness (QED) is 0.280. The van der Waals surface area contributed by atoms with E-state index in [0.717, 1.165) is 28.0 Å². The van der Waals surface area contributed by atoms with Gasteiger partial charge in [-0.2, -0.15) is 5.10 Å². The summed E-state index contributed by atoms with van der Waals surface area (Å²) in [5.74, 6) is 0.274. The highest BCUT2D eigenvalue weighted by molar-refractivity contribution is 8.13. The number of nitrogens with zero attached hydrogens (tertiary/aromatic N) is 3. The summed E-state index contributed by atoms with van der Waals surface area (Å²) in [5, 5.41) is 7.75. The molecule has 1 heterocycles. The van der Waals surface area contributed by atoms with Gasteiger partial charge in [-0.25, -0.2) is 4.68 Å². The number of aliphatic imine (C=N–C) groups is 1. The molecule has 0 fully saturated rings. The SMILES string of the molecule is C=CC=N/C(=C\C)C(=O)NCCC1CC(=O)C(c2c(C)cc(-n3cc(Cl)cn3)cc2C)=C1CC(=O)SCC. The smallest absolute Gasteiger partial charge is 0.269 e. The summed E-state index contributed by atoms with van der Waals surface area (Å²) in [4.78, 5) is 42.8. The second kappa shape index (κ2) is 13.5. The lowest BCUT2D eigenvalue weighted by Crippen LogP contribution is -2.27. The van der Waals surface area contributed by atoms with Crippen molar-refractivity contribution in [2.75, 3.05) is 12.3 Å². The number of aromatic nitrogens is 2. The number of benzene rings is 1. The molecule has 1 unspecified atom stereocenters. The predicted molar refractivity (Wildman–Crippen MR) is 156 cm³/mol. The lowest BCUT2D eigenvalue weighted by molar-refractivity contribution is -0.117. The Morgan fingerprint density at radius 1 is 1.32 bits per heavy atom. The average molecular weight is 553 g/mol. The van der Waals surface area contributed by atoms with E-state index in [9.17, 15) is 14.4 Å². The third kappa shape index (κ3) is 6.99. The first-order chi connectivity index (χ1) is 18.2. The minimum absolute atomic E-state index is 0.0245. The molecule has 1 amide bonds. The van der Waals surface area contributed by atoms with E-state index in [1.807, 2.05) is 32.9 Å². The molecule has 3 rings (SSSR count). The largest absolute Gasteiger partial charge is 0.351 e. The van der Waals surface area contributed by atoms with Crippen LogP contribution in [0.3, 0.4) is 0 Å². The number of hydrogen-bond donors (Lipinski definition) is 1. The van der Waals surface area contributed by atoms with Crippen molar-refractivity contribution in [3.05, 3.63) is 76.2 Å². The minimum atomic E-state index is -0.292. The number of aryl methyl sites for hydroxylation is 2. The third-order valence-electron chi connectivity index (χ3n) is 6.35. The molecule has 1 atom stereocenters. The maximum absolute atomic E-state index is 13.4. The summed E-state index contributed by atoms with van der Waals surface area (Å²) in [6.07, 6.45) is 8.97. The number of rotatable bonds is 11. The zero-order chi connectivity index (χ0) is 27.8. The molecule has 2 aromatic rings. The van der Waals surface area contributed by atoms with Crippen molar-refractivity contribution in [2.24, 2.45) is 10.9 Å². The number of carbonyl (C=O) groups excluding carboxylic acids is 3. The van der Waals surface area contributed by atoms with Crippen molar-refractivity contribution >= 4 is 52.0 Å². The molecule has 200 valence electrons. The van der Waals surface area contributed by atoms with Crippen molar-refractivity contribution in [1.29, 1.82) is 0 Å². The summed E-state index contributed by atoms with van der Waals surface area (Å²) < 4.78 is 1.70. The molecular weight excluding hydrogens is 520 g/mol. The lowest BCUT2D eigenvalue weighted by Gasteiger charge is -2.18. The van der Waals surface area contributed by atoms with E-state index in [0.29, 0.717) is 41.4 Å². The highest BCUT2D eigenvalue weighted by Crippen LogP contribution is 2.42. The van der Waals surface area contributed by atoms with Crippen LogP contribution in [-0.4, -0.2) is 45.1 Å². The number of amides is 1. The fourth-order valence-electron chi connectivity index (χ4n) is 4.77. The molecule has 0 spiro atoms. The molecular formula is C29H33ClN4O3S. The van der Waals surface area contributed by atoms with Crippen molar-refractivity contribution in [3.63, 3.8) is 0 Å². The Morgan fingerprint density at radius 3 is 2.61 bits per heavy atom. The summed E-state index contributed by atoms with van der Waals surface area (Å²) in [7, 11) is 0. The monoisotopic (exact) mass is 552 g/mol. The van der Waals surface area contributed by atoms with E-state index in [1.165, 1.54) is 24.1 Å². The maximum Gasteiger partial charge on any atom is 0.269 e. The topological polar surface area (TPSA) is 93.4 Å². The van der Waals surface area contributed by atoms with E-state index in [-0.39, 0.29) is 29.1 Å². The van der Waals surface area contributed by atoms with Crippen LogP contribution in [0.25, 0.3) is 11.3 Å². The Balaban J connectivity index is 1.93. The molecule has 0 aliphatic heterocycles. The van der Waals surface area contributed by atoms with Gasteiger partial charge in [0.2, 0.25) is 0 Å². The Bertz CT molecular complexity index is 1320. The summed E-state index contributed by atoms with van der Waals surface area (Å²) in [6.45, 7) is 11.5. The number of ketones is 1. The van der Waals surface area contributed by atoms with Crippen LogP contribution in [0.4, 0.5) is 0 Å². The Kier molecular flexibility index (Phi) is 10.4. The first-order valence-electron chi connectivity index (χ1n) is 12.5. The number of Topliss-reactive ketones (excluding diaryl/α,β-unsaturated/α-hetero) is 1. The molecule has 1 aliphatic carbocycles. The van der Waals surface area contributed by atoms with Crippen LogP contribution in [0, 0.1) is 19.8 Å². The number of carbonyl (C=O) groups is 3. The van der Waals surface area contributed by atoms with Gasteiger partial charge >= 0.3 is 0 Å². The molecule has 0 radical (unpaired) electrons. The molecule has 1 aromatic heterocycles. The van der Waals surface area contributed by atoms with Crippen LogP contribution < -0.4 is 5.32 Å². The molecule has 1 N–H and O–H groups in total. The van der Waals surface area contributed by atoms with Gasteiger partial charge in [0.1, 0.15) is 5.70 Å². The van der Waals surface area contributed by atoms with Crippen LogP contribution in [-0.2, 0) is 14.4 Å². The molecule has 0 saturated carbocycles. The van der Waals surface area contributed by atoms with Crippen LogP contribution in [0.5, 0.6) is 0 Å². The summed E-state index contributed by atoms with van der Waals surface area (Å²) >= 11 is 7.32. The zero-order valence-corrected chi connectivity index (χ0v) is 23.8. The van der Waals surface area contributed by atoms with Gasteiger partial charge in [0.25, 0.3) is 5.91 Å². The molecule has 0 saturated heterocycles. The van der Waals surface area contributed by atoms with E-state index >= 15 is 0 Å². The Hall–Kier alpha value is -3.23. The molecule has 0 bridgehead atoms. The van der Waals surface area contributed by atoms with E-state index in [1.54, 1.807) is 30.1 Å². The zero-order valence-electron chi connectivity index (χ0n) is 22.2. The number of allylic oxidation sites excluding steroid dienone is 4. The van der Waals surface area contributed by atoms with Gasteiger partial charge < -0.3 is 5.32 Å². The van der Waals surface area contributed by atoms with E-state index in [2.05, 4.69) is 22.0 Å². The fraction of sp³-hybridized carbons (Fsp3) is 0.345. The van der Waals surface area contributed by atoms with Crippen LogP contribution >= 0.6 is 23.4 Å². The molecule has 1 aromatic carbocycles.